The van der Waals surface area contributed by atoms with Crippen LogP contribution in [0.3, 0.4) is 0 Å². The van der Waals surface area contributed by atoms with Crippen molar-refractivity contribution in [3.05, 3.63) is 29.8 Å². The summed E-state index contributed by atoms with van der Waals surface area (Å²) in [6, 6.07) is 7.60. The molecule has 5 heteroatoms. The average Bonchev–Trinajstić information content (AvgIpc) is 2.89. The van der Waals surface area contributed by atoms with Crippen molar-refractivity contribution in [2.24, 2.45) is 5.92 Å². The normalized spacial score (nSPS) is 22.7. The lowest BCUT2D eigenvalue weighted by Gasteiger charge is -2.36. The van der Waals surface area contributed by atoms with E-state index in [1.165, 1.54) is 0 Å². The van der Waals surface area contributed by atoms with Gasteiger partial charge in [-0.05, 0) is 43.4 Å². The molecule has 1 unspecified atom stereocenters. The molecule has 3 rings (SSSR count). The molecule has 1 aromatic rings. The lowest BCUT2D eigenvalue weighted by molar-refractivity contribution is -0.153. The van der Waals surface area contributed by atoms with Gasteiger partial charge >= 0.3 is 5.97 Å². The van der Waals surface area contributed by atoms with Crippen LogP contribution in [-0.2, 0) is 20.9 Å². The van der Waals surface area contributed by atoms with E-state index in [0.29, 0.717) is 6.54 Å². The van der Waals surface area contributed by atoms with Crippen LogP contribution >= 0.6 is 0 Å². The maximum absolute atomic E-state index is 12.6. The first-order valence-electron chi connectivity index (χ1n) is 8.25. The predicted molar refractivity (Wildman–Crippen MR) is 84.9 cm³/mol. The third kappa shape index (κ3) is 3.33. The first kappa shape index (κ1) is 15.8. The van der Waals surface area contributed by atoms with E-state index in [0.717, 1.165) is 43.4 Å². The van der Waals surface area contributed by atoms with Crippen molar-refractivity contribution < 1.29 is 19.1 Å². The van der Waals surface area contributed by atoms with Gasteiger partial charge in [0.1, 0.15) is 11.4 Å². The number of nitrogens with one attached hydrogen (secondary N) is 1. The van der Waals surface area contributed by atoms with E-state index in [9.17, 15) is 9.59 Å². The van der Waals surface area contributed by atoms with Crippen molar-refractivity contribution >= 4 is 11.9 Å². The Balaban J connectivity index is 1.65. The Labute approximate surface area is 136 Å². The Hall–Kier alpha value is -2.04. The van der Waals surface area contributed by atoms with Crippen molar-refractivity contribution in [2.75, 3.05) is 7.11 Å². The molecule has 124 valence electrons. The summed E-state index contributed by atoms with van der Waals surface area (Å²) in [5, 5.41) is 2.96. The van der Waals surface area contributed by atoms with Gasteiger partial charge in [-0.2, -0.15) is 0 Å². The maximum Gasteiger partial charge on any atom is 0.307 e. The predicted octanol–water partition coefficient (Wildman–Crippen LogP) is 2.58. The van der Waals surface area contributed by atoms with Crippen molar-refractivity contribution in [2.45, 2.75) is 50.7 Å². The highest BCUT2D eigenvalue weighted by Crippen LogP contribution is 2.44. The third-order valence-electron chi connectivity index (χ3n) is 4.94. The molecule has 1 aromatic carbocycles. The highest BCUT2D eigenvalue weighted by atomic mass is 16.6. The smallest absolute Gasteiger partial charge is 0.307 e. The summed E-state index contributed by atoms with van der Waals surface area (Å²) in [4.78, 5) is 24.4. The molecule has 1 heterocycles. The summed E-state index contributed by atoms with van der Waals surface area (Å²) >= 11 is 0. The van der Waals surface area contributed by atoms with Crippen LogP contribution in [0.1, 0.15) is 44.1 Å². The second-order valence-electron chi connectivity index (χ2n) is 6.43. The van der Waals surface area contributed by atoms with Gasteiger partial charge in [-0.25, -0.2) is 0 Å². The van der Waals surface area contributed by atoms with Gasteiger partial charge in [0.25, 0.3) is 0 Å². The quantitative estimate of drug-likeness (QED) is 0.867. The molecular weight excluding hydrogens is 294 g/mol. The minimum atomic E-state index is -0.562. The molecule has 1 aliphatic heterocycles. The van der Waals surface area contributed by atoms with Gasteiger partial charge in [-0.1, -0.05) is 18.6 Å². The number of hydrogen-bond donors (Lipinski definition) is 1. The zero-order valence-electron chi connectivity index (χ0n) is 13.5. The summed E-state index contributed by atoms with van der Waals surface area (Å²) in [6.45, 7) is 0.427. The van der Waals surface area contributed by atoms with Crippen LogP contribution in [0.25, 0.3) is 0 Å². The van der Waals surface area contributed by atoms with Gasteiger partial charge in [0.15, 0.2) is 0 Å². The fourth-order valence-electron chi connectivity index (χ4n) is 3.72. The molecule has 2 fully saturated rings. The van der Waals surface area contributed by atoms with Crippen LogP contribution in [0, 0.1) is 5.92 Å². The topological polar surface area (TPSA) is 64.6 Å². The fourth-order valence-corrected chi connectivity index (χ4v) is 3.72. The summed E-state index contributed by atoms with van der Waals surface area (Å²) < 4.78 is 10.8. The van der Waals surface area contributed by atoms with E-state index in [2.05, 4.69) is 5.32 Å². The standard InChI is InChI=1S/C18H23NO4/c1-22-14-7-5-6-13(10-14)12-19-17(21)15-11-16(20)23-18(15)8-3-2-4-9-18/h5-7,10,15H,2-4,8-9,11-12H2,1H3,(H,19,21). The molecule has 1 N–H and O–H groups in total. The summed E-state index contributed by atoms with van der Waals surface area (Å²) in [7, 11) is 1.62. The van der Waals surface area contributed by atoms with Crippen LogP contribution in [0.2, 0.25) is 0 Å². The lowest BCUT2D eigenvalue weighted by Crippen LogP contribution is -2.45. The van der Waals surface area contributed by atoms with Gasteiger partial charge in [0.05, 0.1) is 19.4 Å². The number of carbonyl (C=O) groups excluding carboxylic acids is 2. The molecule has 0 bridgehead atoms. The average molecular weight is 317 g/mol. The number of hydrogen-bond acceptors (Lipinski definition) is 4. The molecule has 1 saturated heterocycles. The largest absolute Gasteiger partial charge is 0.497 e. The van der Waals surface area contributed by atoms with Gasteiger partial charge in [-0.15, -0.1) is 0 Å². The zero-order valence-corrected chi connectivity index (χ0v) is 13.5. The first-order chi connectivity index (χ1) is 11.1. The number of amides is 1. The van der Waals surface area contributed by atoms with Gasteiger partial charge in [-0.3, -0.25) is 9.59 Å². The van der Waals surface area contributed by atoms with Gasteiger partial charge in [0, 0.05) is 6.54 Å². The number of carbonyl (C=O) groups is 2. The Morgan fingerprint density at radius 1 is 1.35 bits per heavy atom. The summed E-state index contributed by atoms with van der Waals surface area (Å²) in [5.41, 5.74) is 0.411. The highest BCUT2D eigenvalue weighted by molar-refractivity contribution is 5.87. The van der Waals surface area contributed by atoms with E-state index in [1.54, 1.807) is 7.11 Å². The third-order valence-corrected chi connectivity index (χ3v) is 4.94. The van der Waals surface area contributed by atoms with Crippen LogP contribution in [0.15, 0.2) is 24.3 Å². The molecule has 0 aromatic heterocycles. The maximum atomic E-state index is 12.6. The minimum Gasteiger partial charge on any atom is -0.497 e. The molecule has 1 atom stereocenters. The van der Waals surface area contributed by atoms with E-state index in [4.69, 9.17) is 9.47 Å². The van der Waals surface area contributed by atoms with E-state index in [1.807, 2.05) is 24.3 Å². The van der Waals surface area contributed by atoms with Crippen molar-refractivity contribution in [1.29, 1.82) is 0 Å². The second kappa shape index (κ2) is 6.60. The second-order valence-corrected chi connectivity index (χ2v) is 6.43. The van der Waals surface area contributed by atoms with E-state index in [-0.39, 0.29) is 24.2 Å². The number of benzene rings is 1. The lowest BCUT2D eigenvalue weighted by atomic mass is 9.75. The number of ether oxygens (including phenoxy) is 2. The van der Waals surface area contributed by atoms with E-state index < -0.39 is 5.60 Å². The van der Waals surface area contributed by atoms with Crippen LogP contribution in [-0.4, -0.2) is 24.6 Å². The molecule has 2 aliphatic rings. The fraction of sp³-hybridized carbons (Fsp3) is 0.556. The summed E-state index contributed by atoms with van der Waals surface area (Å²) in [5.74, 6) is 0.0785. The molecule has 1 saturated carbocycles. The first-order valence-corrected chi connectivity index (χ1v) is 8.25. The monoisotopic (exact) mass is 317 g/mol. The van der Waals surface area contributed by atoms with Crippen molar-refractivity contribution in [3.63, 3.8) is 0 Å². The van der Waals surface area contributed by atoms with Crippen molar-refractivity contribution in [3.8, 4) is 5.75 Å². The number of methoxy groups -OCH3 is 1. The van der Waals surface area contributed by atoms with Gasteiger partial charge < -0.3 is 14.8 Å². The Kier molecular flexibility index (Phi) is 4.55. The molecule has 1 amide bonds. The van der Waals surface area contributed by atoms with Crippen LogP contribution in [0.4, 0.5) is 0 Å². The molecule has 1 spiro atoms. The van der Waals surface area contributed by atoms with E-state index >= 15 is 0 Å². The Bertz CT molecular complexity index is 592. The SMILES string of the molecule is COc1cccc(CNC(=O)C2CC(=O)OC23CCCCC3)c1. The minimum absolute atomic E-state index is 0.0828. The molecule has 5 nitrogen and oxygen atoms in total. The zero-order chi connectivity index (χ0) is 16.3. The number of esters is 1. The number of rotatable bonds is 4. The molecule has 0 radical (unpaired) electrons. The van der Waals surface area contributed by atoms with Crippen LogP contribution < -0.4 is 10.1 Å². The Morgan fingerprint density at radius 2 is 2.13 bits per heavy atom. The highest BCUT2D eigenvalue weighted by Gasteiger charge is 2.52. The molecular formula is C18H23NO4. The van der Waals surface area contributed by atoms with Crippen molar-refractivity contribution in [1.82, 2.24) is 5.32 Å². The Morgan fingerprint density at radius 3 is 2.87 bits per heavy atom. The van der Waals surface area contributed by atoms with Gasteiger partial charge in [0.2, 0.25) is 5.91 Å². The molecule has 1 aliphatic carbocycles. The van der Waals surface area contributed by atoms with Crippen LogP contribution in [0.5, 0.6) is 5.75 Å². The summed E-state index contributed by atoms with van der Waals surface area (Å²) in [6.07, 6.45) is 4.99. The molecule has 23 heavy (non-hydrogen) atoms.